The van der Waals surface area contributed by atoms with Crippen LogP contribution in [0.15, 0.2) is 11.6 Å². The van der Waals surface area contributed by atoms with Crippen molar-refractivity contribution in [3.8, 4) is 0 Å². The van der Waals surface area contributed by atoms with Gasteiger partial charge in [0.1, 0.15) is 0 Å². The molecule has 0 radical (unpaired) electrons. The number of hydrogen-bond acceptors (Lipinski definition) is 5. The maximum absolute atomic E-state index is 10.7. The third kappa shape index (κ3) is 10.2. The SMILES string of the molecule is CC=C(C(=O)O)C(C)(C)CC.COS(=O)(=O)O.N. The van der Waals surface area contributed by atoms with Crippen molar-refractivity contribution in [3.05, 3.63) is 11.6 Å². The molecular formula is C10H23NO6S. The zero-order valence-electron chi connectivity index (χ0n) is 11.4. The van der Waals surface area contributed by atoms with Crippen molar-refractivity contribution in [1.82, 2.24) is 6.15 Å². The van der Waals surface area contributed by atoms with Crippen LogP contribution < -0.4 is 6.15 Å². The topological polar surface area (TPSA) is 136 Å². The minimum absolute atomic E-state index is 0. The number of allylic oxidation sites excluding steroid dienone is 1. The van der Waals surface area contributed by atoms with E-state index in [1.165, 1.54) is 0 Å². The summed E-state index contributed by atoms with van der Waals surface area (Å²) >= 11 is 0. The fourth-order valence-electron chi connectivity index (χ4n) is 0.994. The number of rotatable bonds is 4. The lowest BCUT2D eigenvalue weighted by atomic mass is 9.81. The van der Waals surface area contributed by atoms with E-state index in [0.717, 1.165) is 13.5 Å². The van der Waals surface area contributed by atoms with Crippen molar-refractivity contribution < 1.29 is 27.1 Å². The van der Waals surface area contributed by atoms with Gasteiger partial charge in [-0.05, 0) is 18.8 Å². The standard InChI is InChI=1S/C9H16O2.CH4O4S.H3N/c1-5-7(8(10)11)9(3,4)6-2;1-5-6(2,3)4;/h5H,6H2,1-4H3,(H,10,11);1H3,(H,2,3,4);1H3. The second-order valence-corrected chi connectivity index (χ2v) is 5.03. The Hall–Kier alpha value is -0.960. The molecule has 0 atom stereocenters. The van der Waals surface area contributed by atoms with Gasteiger partial charge in [-0.3, -0.25) is 8.74 Å². The molecule has 0 aliphatic heterocycles. The van der Waals surface area contributed by atoms with Crippen molar-refractivity contribution in [1.29, 1.82) is 0 Å². The molecule has 0 aromatic heterocycles. The summed E-state index contributed by atoms with van der Waals surface area (Å²) in [5.74, 6) is -0.806. The van der Waals surface area contributed by atoms with Gasteiger partial charge >= 0.3 is 16.4 Å². The summed E-state index contributed by atoms with van der Waals surface area (Å²) in [6.07, 6.45) is 2.52. The van der Waals surface area contributed by atoms with Crippen LogP contribution in [0.3, 0.4) is 0 Å². The molecule has 0 unspecified atom stereocenters. The van der Waals surface area contributed by atoms with Gasteiger partial charge in [0.15, 0.2) is 0 Å². The minimum atomic E-state index is -4.16. The van der Waals surface area contributed by atoms with Crippen LogP contribution in [0.4, 0.5) is 0 Å². The van der Waals surface area contributed by atoms with Gasteiger partial charge < -0.3 is 11.3 Å². The Morgan fingerprint density at radius 1 is 1.39 bits per heavy atom. The number of aliphatic carboxylic acids is 1. The van der Waals surface area contributed by atoms with E-state index in [4.69, 9.17) is 9.66 Å². The molecule has 8 heteroatoms. The van der Waals surface area contributed by atoms with Crippen molar-refractivity contribution in [3.63, 3.8) is 0 Å². The molecule has 7 nitrogen and oxygen atoms in total. The summed E-state index contributed by atoms with van der Waals surface area (Å²) in [6, 6.07) is 0. The first-order chi connectivity index (χ1) is 7.51. The Kier molecular flexibility index (Phi) is 11.2. The van der Waals surface area contributed by atoms with Gasteiger partial charge in [-0.25, -0.2) is 4.79 Å². The normalized spacial score (nSPS) is 12.0. The van der Waals surface area contributed by atoms with E-state index in [1.807, 2.05) is 20.8 Å². The summed E-state index contributed by atoms with van der Waals surface area (Å²) < 4.78 is 29.7. The molecule has 5 N–H and O–H groups in total. The van der Waals surface area contributed by atoms with Crippen LogP contribution >= 0.6 is 0 Å². The van der Waals surface area contributed by atoms with Gasteiger partial charge in [-0.2, -0.15) is 8.42 Å². The molecule has 0 aromatic rings. The molecule has 0 spiro atoms. The van der Waals surface area contributed by atoms with E-state index in [2.05, 4.69) is 4.18 Å². The first kappa shape index (κ1) is 22.2. The van der Waals surface area contributed by atoms with Crippen LogP contribution in [0.5, 0.6) is 0 Å². The molecule has 0 aliphatic carbocycles. The lowest BCUT2D eigenvalue weighted by Gasteiger charge is -2.22. The number of carbonyl (C=O) groups is 1. The molecule has 0 aromatic carbocycles. The maximum atomic E-state index is 10.7. The Labute approximate surface area is 108 Å². The number of carboxylic acids is 1. The molecule has 0 heterocycles. The highest BCUT2D eigenvalue weighted by molar-refractivity contribution is 7.80. The molecule has 0 rings (SSSR count). The second kappa shape index (κ2) is 9.03. The predicted molar refractivity (Wildman–Crippen MR) is 69.0 cm³/mol. The molecule has 18 heavy (non-hydrogen) atoms. The Morgan fingerprint density at radius 3 is 1.78 bits per heavy atom. The lowest BCUT2D eigenvalue weighted by Crippen LogP contribution is -2.19. The third-order valence-corrected chi connectivity index (χ3v) is 2.76. The summed E-state index contributed by atoms with van der Waals surface area (Å²) in [5.41, 5.74) is 0.292. The molecule has 0 amide bonds. The van der Waals surface area contributed by atoms with Crippen LogP contribution in [0.2, 0.25) is 0 Å². The summed E-state index contributed by atoms with van der Waals surface area (Å²) in [5, 5.41) is 8.77. The van der Waals surface area contributed by atoms with Gasteiger partial charge in [0.05, 0.1) is 7.11 Å². The minimum Gasteiger partial charge on any atom is -0.478 e. The van der Waals surface area contributed by atoms with E-state index in [1.54, 1.807) is 13.0 Å². The van der Waals surface area contributed by atoms with Gasteiger partial charge in [0, 0.05) is 5.57 Å². The quantitative estimate of drug-likeness (QED) is 0.531. The first-order valence-electron chi connectivity index (χ1n) is 4.95. The van der Waals surface area contributed by atoms with Crippen LogP contribution in [-0.4, -0.2) is 31.2 Å². The van der Waals surface area contributed by atoms with Crippen LogP contribution in [0.25, 0.3) is 0 Å². The van der Waals surface area contributed by atoms with E-state index >= 15 is 0 Å². The molecule has 0 aliphatic rings. The molecule has 0 bridgehead atoms. The average molecular weight is 285 g/mol. The molecular weight excluding hydrogens is 262 g/mol. The van der Waals surface area contributed by atoms with Crippen molar-refractivity contribution >= 4 is 16.4 Å². The third-order valence-electron chi connectivity index (χ3n) is 2.34. The number of hydrogen-bond donors (Lipinski definition) is 3. The van der Waals surface area contributed by atoms with Crippen molar-refractivity contribution in [2.45, 2.75) is 34.1 Å². The van der Waals surface area contributed by atoms with E-state index in [9.17, 15) is 13.2 Å². The Morgan fingerprint density at radius 2 is 1.72 bits per heavy atom. The smallest absolute Gasteiger partial charge is 0.397 e. The van der Waals surface area contributed by atoms with Gasteiger partial charge in [0.25, 0.3) is 0 Å². The summed E-state index contributed by atoms with van der Waals surface area (Å²) in [7, 11) is -3.29. The molecule has 0 saturated carbocycles. The lowest BCUT2D eigenvalue weighted by molar-refractivity contribution is -0.133. The highest BCUT2D eigenvalue weighted by Gasteiger charge is 2.25. The van der Waals surface area contributed by atoms with Crippen LogP contribution in [0.1, 0.15) is 34.1 Å². The van der Waals surface area contributed by atoms with Crippen LogP contribution in [-0.2, 0) is 19.4 Å². The molecule has 0 fully saturated rings. The van der Waals surface area contributed by atoms with Gasteiger partial charge in [-0.15, -0.1) is 0 Å². The fourth-order valence-corrected chi connectivity index (χ4v) is 0.994. The molecule has 110 valence electrons. The number of carboxylic acid groups (broad SMARTS) is 1. The van der Waals surface area contributed by atoms with Crippen LogP contribution in [0, 0.1) is 5.41 Å². The Bertz CT molecular complexity index is 372. The fraction of sp³-hybridized carbons (Fsp3) is 0.700. The highest BCUT2D eigenvalue weighted by Crippen LogP contribution is 2.29. The summed E-state index contributed by atoms with van der Waals surface area (Å²) in [4.78, 5) is 10.7. The van der Waals surface area contributed by atoms with Gasteiger partial charge in [-0.1, -0.05) is 26.8 Å². The van der Waals surface area contributed by atoms with Gasteiger partial charge in [0.2, 0.25) is 0 Å². The predicted octanol–water partition coefficient (Wildman–Crippen LogP) is 2.05. The van der Waals surface area contributed by atoms with E-state index in [0.29, 0.717) is 5.57 Å². The molecule has 0 saturated heterocycles. The summed E-state index contributed by atoms with van der Waals surface area (Å²) in [6.45, 7) is 7.64. The largest absolute Gasteiger partial charge is 0.478 e. The van der Waals surface area contributed by atoms with E-state index < -0.39 is 16.4 Å². The van der Waals surface area contributed by atoms with E-state index in [-0.39, 0.29) is 11.6 Å². The highest BCUT2D eigenvalue weighted by atomic mass is 32.3. The maximum Gasteiger partial charge on any atom is 0.397 e. The van der Waals surface area contributed by atoms with Crippen molar-refractivity contribution in [2.24, 2.45) is 5.41 Å². The Balaban J connectivity index is -0.000000277. The first-order valence-corrected chi connectivity index (χ1v) is 6.31. The van der Waals surface area contributed by atoms with Crippen molar-refractivity contribution in [2.75, 3.05) is 7.11 Å². The zero-order chi connectivity index (χ0) is 14.3. The average Bonchev–Trinajstić information content (AvgIpc) is 2.17. The monoisotopic (exact) mass is 285 g/mol. The second-order valence-electron chi connectivity index (χ2n) is 3.84. The zero-order valence-corrected chi connectivity index (χ0v) is 12.2.